The van der Waals surface area contributed by atoms with Gasteiger partial charge in [0.2, 0.25) is 5.82 Å². The van der Waals surface area contributed by atoms with E-state index in [1.54, 1.807) is 6.07 Å². The van der Waals surface area contributed by atoms with Gasteiger partial charge in [0.05, 0.1) is 23.6 Å². The third kappa shape index (κ3) is 3.03. The molecule has 1 N–H and O–H groups in total. The van der Waals surface area contributed by atoms with Crippen molar-refractivity contribution in [1.82, 2.24) is 4.98 Å². The van der Waals surface area contributed by atoms with Gasteiger partial charge in [-0.2, -0.15) is 0 Å². The number of nitro groups is 1. The SMILES string of the molecule is COC(=O)c1cnc(NC2CCc3cc(Cl)ccc32)c([N+](=O)[O-])c1. The number of aromatic nitrogens is 1. The van der Waals surface area contributed by atoms with Gasteiger partial charge in [-0.05, 0) is 36.1 Å². The summed E-state index contributed by atoms with van der Waals surface area (Å²) < 4.78 is 4.57. The molecule has 1 aromatic carbocycles. The molecular formula is C16H14ClN3O4. The molecule has 1 heterocycles. The fourth-order valence-corrected chi connectivity index (χ4v) is 3.03. The van der Waals surface area contributed by atoms with E-state index in [0.29, 0.717) is 5.02 Å². The molecule has 0 spiro atoms. The van der Waals surface area contributed by atoms with Gasteiger partial charge in [-0.25, -0.2) is 9.78 Å². The molecule has 1 aromatic heterocycles. The van der Waals surface area contributed by atoms with Crippen LogP contribution in [0.25, 0.3) is 0 Å². The molecule has 124 valence electrons. The number of benzene rings is 1. The largest absolute Gasteiger partial charge is 0.465 e. The first-order valence-electron chi connectivity index (χ1n) is 7.27. The molecule has 8 heteroatoms. The second kappa shape index (κ2) is 6.45. The van der Waals surface area contributed by atoms with Crippen molar-refractivity contribution < 1.29 is 14.5 Å². The molecule has 3 rings (SSSR count). The van der Waals surface area contributed by atoms with Gasteiger partial charge in [0.1, 0.15) is 0 Å². The highest BCUT2D eigenvalue weighted by Gasteiger charge is 2.26. The highest BCUT2D eigenvalue weighted by atomic mass is 35.5. The molecule has 24 heavy (non-hydrogen) atoms. The highest BCUT2D eigenvalue weighted by Crippen LogP contribution is 2.36. The number of nitrogens with zero attached hydrogens (tertiary/aromatic N) is 2. The lowest BCUT2D eigenvalue weighted by atomic mass is 10.1. The predicted molar refractivity (Wildman–Crippen MR) is 88.4 cm³/mol. The third-order valence-electron chi connectivity index (χ3n) is 3.98. The van der Waals surface area contributed by atoms with Gasteiger partial charge in [0.25, 0.3) is 0 Å². The molecular weight excluding hydrogens is 334 g/mol. The summed E-state index contributed by atoms with van der Waals surface area (Å²) in [6.07, 6.45) is 2.88. The van der Waals surface area contributed by atoms with Gasteiger partial charge in [-0.3, -0.25) is 10.1 Å². The number of pyridine rings is 1. The fraction of sp³-hybridized carbons (Fsp3) is 0.250. The predicted octanol–water partition coefficient (Wildman–Crippen LogP) is 3.53. The highest BCUT2D eigenvalue weighted by molar-refractivity contribution is 6.30. The maximum absolute atomic E-state index is 11.5. The zero-order chi connectivity index (χ0) is 17.3. The Labute approximate surface area is 142 Å². The maximum atomic E-state index is 11.5. The fourth-order valence-electron chi connectivity index (χ4n) is 2.83. The number of rotatable bonds is 4. The third-order valence-corrected chi connectivity index (χ3v) is 4.21. The van der Waals surface area contributed by atoms with Crippen LogP contribution >= 0.6 is 11.6 Å². The number of ether oxygens (including phenoxy) is 1. The quantitative estimate of drug-likeness (QED) is 0.516. The molecule has 1 atom stereocenters. The Bertz CT molecular complexity index is 825. The van der Waals surface area contributed by atoms with Crippen LogP contribution in [-0.2, 0) is 11.2 Å². The Morgan fingerprint density at radius 2 is 2.25 bits per heavy atom. The van der Waals surface area contributed by atoms with Crippen LogP contribution in [0.2, 0.25) is 5.02 Å². The minimum absolute atomic E-state index is 0.0355. The number of aryl methyl sites for hydroxylation is 1. The van der Waals surface area contributed by atoms with E-state index >= 15 is 0 Å². The Kier molecular flexibility index (Phi) is 4.35. The Hall–Kier alpha value is -2.67. The number of hydrogen-bond donors (Lipinski definition) is 1. The molecule has 2 aromatic rings. The average molecular weight is 348 g/mol. The van der Waals surface area contributed by atoms with Crippen LogP contribution in [0.1, 0.15) is 33.9 Å². The van der Waals surface area contributed by atoms with Gasteiger partial charge in [-0.15, -0.1) is 0 Å². The lowest BCUT2D eigenvalue weighted by molar-refractivity contribution is -0.384. The van der Waals surface area contributed by atoms with Crippen molar-refractivity contribution in [2.45, 2.75) is 18.9 Å². The van der Waals surface area contributed by atoms with E-state index in [1.165, 1.54) is 19.4 Å². The number of carbonyl (C=O) groups is 1. The second-order valence-corrected chi connectivity index (χ2v) is 5.86. The number of halogens is 1. The van der Waals surface area contributed by atoms with Crippen LogP contribution in [-0.4, -0.2) is 23.0 Å². The summed E-state index contributed by atoms with van der Waals surface area (Å²) in [4.78, 5) is 26.3. The zero-order valence-corrected chi connectivity index (χ0v) is 13.5. The number of nitrogens with one attached hydrogen (secondary N) is 1. The summed E-state index contributed by atoms with van der Waals surface area (Å²) >= 11 is 5.99. The van der Waals surface area contributed by atoms with Crippen molar-refractivity contribution in [3.05, 3.63) is 62.3 Å². The standard InChI is InChI=1S/C16H14ClN3O4/c1-24-16(21)10-7-14(20(22)23)15(18-8-10)19-13-5-2-9-6-11(17)3-4-12(9)13/h3-4,6-8,13H,2,5H2,1H3,(H,18,19). The summed E-state index contributed by atoms with van der Waals surface area (Å²) in [5, 5.41) is 15.1. The van der Waals surface area contributed by atoms with E-state index in [-0.39, 0.29) is 23.1 Å². The molecule has 0 saturated heterocycles. The topological polar surface area (TPSA) is 94.4 Å². The van der Waals surface area contributed by atoms with Crippen molar-refractivity contribution in [2.75, 3.05) is 12.4 Å². The van der Waals surface area contributed by atoms with Crippen molar-refractivity contribution in [3.8, 4) is 0 Å². The summed E-state index contributed by atoms with van der Waals surface area (Å²) in [6, 6.07) is 6.69. The van der Waals surface area contributed by atoms with Crippen molar-refractivity contribution >= 4 is 29.1 Å². The van der Waals surface area contributed by atoms with Gasteiger partial charge >= 0.3 is 11.7 Å². The Morgan fingerprint density at radius 3 is 2.96 bits per heavy atom. The molecule has 0 bridgehead atoms. The van der Waals surface area contributed by atoms with Crippen molar-refractivity contribution in [1.29, 1.82) is 0 Å². The Balaban J connectivity index is 1.91. The van der Waals surface area contributed by atoms with Gasteiger partial charge < -0.3 is 10.1 Å². The second-order valence-electron chi connectivity index (χ2n) is 5.42. The number of anilines is 1. The lowest BCUT2D eigenvalue weighted by Gasteiger charge is -2.15. The van der Waals surface area contributed by atoms with Crippen LogP contribution in [0.5, 0.6) is 0 Å². The lowest BCUT2D eigenvalue weighted by Crippen LogP contribution is -2.12. The molecule has 0 saturated carbocycles. The smallest absolute Gasteiger partial charge is 0.339 e. The first-order valence-corrected chi connectivity index (χ1v) is 7.65. The van der Waals surface area contributed by atoms with E-state index in [2.05, 4.69) is 15.0 Å². The number of fused-ring (bicyclic) bond motifs is 1. The number of esters is 1. The van der Waals surface area contributed by atoms with Crippen molar-refractivity contribution in [2.24, 2.45) is 0 Å². The van der Waals surface area contributed by atoms with E-state index in [9.17, 15) is 14.9 Å². The summed E-state index contributed by atoms with van der Waals surface area (Å²) in [7, 11) is 1.21. The van der Waals surface area contributed by atoms with Crippen LogP contribution in [0, 0.1) is 10.1 Å². The molecule has 7 nitrogen and oxygen atoms in total. The molecule has 0 aliphatic heterocycles. The van der Waals surface area contributed by atoms with Crippen LogP contribution in [0.3, 0.4) is 0 Å². The molecule has 0 amide bonds. The minimum Gasteiger partial charge on any atom is -0.465 e. The number of methoxy groups -OCH3 is 1. The number of hydrogen-bond acceptors (Lipinski definition) is 6. The van der Waals surface area contributed by atoms with Crippen LogP contribution < -0.4 is 5.32 Å². The molecule has 1 unspecified atom stereocenters. The average Bonchev–Trinajstić information content (AvgIpc) is 2.96. The van der Waals surface area contributed by atoms with E-state index in [0.717, 1.165) is 24.0 Å². The first kappa shape index (κ1) is 16.2. The molecule has 1 aliphatic carbocycles. The molecule has 0 radical (unpaired) electrons. The van der Waals surface area contributed by atoms with Gasteiger partial charge in [-0.1, -0.05) is 17.7 Å². The molecule has 1 aliphatic rings. The normalized spacial score (nSPS) is 15.7. The molecule has 0 fully saturated rings. The monoisotopic (exact) mass is 347 g/mol. The van der Waals surface area contributed by atoms with E-state index < -0.39 is 10.9 Å². The van der Waals surface area contributed by atoms with Crippen LogP contribution in [0.15, 0.2) is 30.5 Å². The zero-order valence-electron chi connectivity index (χ0n) is 12.8. The van der Waals surface area contributed by atoms with Gasteiger partial charge in [0.15, 0.2) is 0 Å². The summed E-state index contributed by atoms with van der Waals surface area (Å²) in [6.45, 7) is 0. The first-order chi connectivity index (χ1) is 11.5. The van der Waals surface area contributed by atoms with Gasteiger partial charge in [0, 0.05) is 17.3 Å². The summed E-state index contributed by atoms with van der Waals surface area (Å²) in [5.74, 6) is -0.543. The summed E-state index contributed by atoms with van der Waals surface area (Å²) in [5.41, 5.74) is 1.94. The maximum Gasteiger partial charge on any atom is 0.339 e. The van der Waals surface area contributed by atoms with Crippen LogP contribution in [0.4, 0.5) is 11.5 Å². The minimum atomic E-state index is -0.669. The van der Waals surface area contributed by atoms with E-state index in [1.807, 2.05) is 12.1 Å². The van der Waals surface area contributed by atoms with Crippen molar-refractivity contribution in [3.63, 3.8) is 0 Å². The number of carbonyl (C=O) groups excluding carboxylic acids is 1. The van der Waals surface area contributed by atoms with E-state index in [4.69, 9.17) is 11.6 Å². The Morgan fingerprint density at radius 1 is 1.46 bits per heavy atom.